The Morgan fingerprint density at radius 1 is 1.08 bits per heavy atom. The van der Waals surface area contributed by atoms with Crippen LogP contribution in [0.3, 0.4) is 0 Å². The number of amides is 1. The topological polar surface area (TPSA) is 35.6 Å². The fourth-order valence-corrected chi connectivity index (χ4v) is 2.51. The van der Waals surface area contributed by atoms with Gasteiger partial charge in [0, 0.05) is 31.9 Å². The predicted molar refractivity (Wildman–Crippen MR) is 95.9 cm³/mol. The van der Waals surface area contributed by atoms with E-state index in [1.54, 1.807) is 6.07 Å². The second-order valence-electron chi connectivity index (χ2n) is 6.19. The van der Waals surface area contributed by atoms with Crippen LogP contribution in [0.25, 0.3) is 0 Å². The number of hydrogen-bond donors (Lipinski definition) is 1. The highest BCUT2D eigenvalue weighted by molar-refractivity contribution is 5.94. The molecule has 0 aliphatic rings. The lowest BCUT2D eigenvalue weighted by Gasteiger charge is -2.25. The van der Waals surface area contributed by atoms with Crippen LogP contribution in [0.5, 0.6) is 0 Å². The zero-order valence-corrected chi connectivity index (χ0v) is 14.6. The molecule has 1 amide bonds. The summed E-state index contributed by atoms with van der Waals surface area (Å²) in [5, 5.41) is 2.89. The van der Waals surface area contributed by atoms with Gasteiger partial charge >= 0.3 is 0 Å². The number of carbonyl (C=O) groups is 1. The van der Waals surface area contributed by atoms with Crippen molar-refractivity contribution in [1.29, 1.82) is 0 Å². The van der Waals surface area contributed by atoms with E-state index in [2.05, 4.69) is 34.5 Å². The van der Waals surface area contributed by atoms with E-state index < -0.39 is 5.82 Å². The summed E-state index contributed by atoms with van der Waals surface area (Å²) >= 11 is 0. The number of benzene rings is 2. The van der Waals surface area contributed by atoms with E-state index in [9.17, 15) is 9.18 Å². The van der Waals surface area contributed by atoms with Crippen LogP contribution >= 0.6 is 0 Å². The molecule has 2 aromatic rings. The minimum Gasteiger partial charge on any atom is -0.378 e. The summed E-state index contributed by atoms with van der Waals surface area (Å²) in [6, 6.07) is 14.0. The molecule has 24 heavy (non-hydrogen) atoms. The second kappa shape index (κ2) is 7.93. The summed E-state index contributed by atoms with van der Waals surface area (Å²) in [7, 11) is 7.94. The third-order valence-electron chi connectivity index (χ3n) is 3.96. The number of nitrogens with one attached hydrogen (secondary N) is 1. The number of rotatable bonds is 6. The Morgan fingerprint density at radius 2 is 1.75 bits per heavy atom. The van der Waals surface area contributed by atoms with Crippen molar-refractivity contribution in [3.05, 3.63) is 65.5 Å². The van der Waals surface area contributed by atoms with Gasteiger partial charge < -0.3 is 15.1 Å². The van der Waals surface area contributed by atoms with Gasteiger partial charge in [0.2, 0.25) is 0 Å². The lowest BCUT2D eigenvalue weighted by Crippen LogP contribution is -2.34. The van der Waals surface area contributed by atoms with E-state index >= 15 is 0 Å². The molecule has 0 saturated carbocycles. The van der Waals surface area contributed by atoms with Crippen LogP contribution in [-0.4, -0.2) is 45.5 Å². The SMILES string of the molecule is CN(C)c1ccc([C@H](CNC(=O)c2cccc(F)c2)N(C)C)cc1. The van der Waals surface area contributed by atoms with Gasteiger partial charge in [0.05, 0.1) is 6.04 Å². The Labute approximate surface area is 142 Å². The zero-order chi connectivity index (χ0) is 17.7. The normalized spacial score (nSPS) is 12.1. The van der Waals surface area contributed by atoms with E-state index in [1.165, 1.54) is 18.2 Å². The molecular weight excluding hydrogens is 305 g/mol. The molecule has 1 atom stereocenters. The summed E-state index contributed by atoms with van der Waals surface area (Å²) in [5.74, 6) is -0.683. The summed E-state index contributed by atoms with van der Waals surface area (Å²) < 4.78 is 13.2. The van der Waals surface area contributed by atoms with E-state index in [1.807, 2.05) is 33.1 Å². The largest absolute Gasteiger partial charge is 0.378 e. The van der Waals surface area contributed by atoms with Crippen molar-refractivity contribution in [1.82, 2.24) is 10.2 Å². The second-order valence-corrected chi connectivity index (χ2v) is 6.19. The molecule has 0 aliphatic heterocycles. The number of hydrogen-bond acceptors (Lipinski definition) is 3. The van der Waals surface area contributed by atoms with Crippen molar-refractivity contribution < 1.29 is 9.18 Å². The molecule has 2 aromatic carbocycles. The van der Waals surface area contributed by atoms with Crippen LogP contribution in [-0.2, 0) is 0 Å². The van der Waals surface area contributed by atoms with Gasteiger partial charge in [-0.1, -0.05) is 18.2 Å². The zero-order valence-electron chi connectivity index (χ0n) is 14.6. The number of anilines is 1. The minimum absolute atomic E-state index is 0.0405. The number of carbonyl (C=O) groups excluding carboxylic acids is 1. The first-order chi connectivity index (χ1) is 11.4. The molecule has 0 unspecified atom stereocenters. The Hall–Kier alpha value is -2.40. The molecule has 0 radical (unpaired) electrons. The molecule has 128 valence electrons. The Morgan fingerprint density at radius 3 is 2.29 bits per heavy atom. The maximum atomic E-state index is 13.2. The first-order valence-electron chi connectivity index (χ1n) is 7.86. The standard InChI is InChI=1S/C19H24FN3O/c1-22(2)17-10-8-14(9-11-17)18(23(3)4)13-21-19(24)15-6-5-7-16(20)12-15/h5-12,18H,13H2,1-4H3,(H,21,24)/t18-/m0/s1. The predicted octanol–water partition coefficient (Wildman–Crippen LogP) is 2.92. The highest BCUT2D eigenvalue weighted by atomic mass is 19.1. The van der Waals surface area contributed by atoms with Gasteiger partial charge in [-0.2, -0.15) is 0 Å². The Balaban J connectivity index is 2.07. The Kier molecular flexibility index (Phi) is 5.93. The van der Waals surface area contributed by atoms with Crippen molar-refractivity contribution in [3.63, 3.8) is 0 Å². The first-order valence-corrected chi connectivity index (χ1v) is 7.86. The molecule has 0 spiro atoms. The smallest absolute Gasteiger partial charge is 0.251 e. The van der Waals surface area contributed by atoms with Crippen molar-refractivity contribution in [2.45, 2.75) is 6.04 Å². The molecule has 2 rings (SSSR count). The molecule has 4 nitrogen and oxygen atoms in total. The van der Waals surface area contributed by atoms with E-state index in [0.717, 1.165) is 11.3 Å². The summed E-state index contributed by atoms with van der Waals surface area (Å²) in [6.07, 6.45) is 0. The average molecular weight is 329 g/mol. The monoisotopic (exact) mass is 329 g/mol. The Bertz CT molecular complexity index is 683. The van der Waals surface area contributed by atoms with Gasteiger partial charge in [-0.15, -0.1) is 0 Å². The van der Waals surface area contributed by atoms with Crippen LogP contribution < -0.4 is 10.2 Å². The fraction of sp³-hybridized carbons (Fsp3) is 0.316. The molecule has 0 saturated heterocycles. The van der Waals surface area contributed by atoms with Crippen molar-refractivity contribution >= 4 is 11.6 Å². The number of halogens is 1. The van der Waals surface area contributed by atoms with Crippen molar-refractivity contribution in [2.75, 3.05) is 39.6 Å². The molecule has 0 bridgehead atoms. The minimum atomic E-state index is -0.411. The average Bonchev–Trinajstić information content (AvgIpc) is 2.55. The van der Waals surface area contributed by atoms with Crippen molar-refractivity contribution in [3.8, 4) is 0 Å². The summed E-state index contributed by atoms with van der Waals surface area (Å²) in [4.78, 5) is 16.3. The van der Waals surface area contributed by atoms with Crippen LogP contribution in [0.15, 0.2) is 48.5 Å². The maximum absolute atomic E-state index is 13.2. The third-order valence-corrected chi connectivity index (χ3v) is 3.96. The quantitative estimate of drug-likeness (QED) is 0.885. The van der Waals surface area contributed by atoms with Gasteiger partial charge in [-0.25, -0.2) is 4.39 Å². The highest BCUT2D eigenvalue weighted by Crippen LogP contribution is 2.21. The molecule has 5 heteroatoms. The van der Waals surface area contributed by atoms with Crippen molar-refractivity contribution in [2.24, 2.45) is 0 Å². The fourth-order valence-electron chi connectivity index (χ4n) is 2.51. The van der Waals surface area contributed by atoms with Crippen LogP contribution in [0.1, 0.15) is 22.0 Å². The number of nitrogens with zero attached hydrogens (tertiary/aromatic N) is 2. The van der Waals surface area contributed by atoms with Gasteiger partial charge in [0.25, 0.3) is 5.91 Å². The molecule has 1 N–H and O–H groups in total. The van der Waals surface area contributed by atoms with Crippen LogP contribution in [0, 0.1) is 5.82 Å². The maximum Gasteiger partial charge on any atom is 0.251 e. The lowest BCUT2D eigenvalue weighted by atomic mass is 10.0. The van der Waals surface area contributed by atoms with E-state index in [-0.39, 0.29) is 11.9 Å². The van der Waals surface area contributed by atoms with Gasteiger partial charge in [0.1, 0.15) is 5.82 Å². The van der Waals surface area contributed by atoms with Crippen LogP contribution in [0.4, 0.5) is 10.1 Å². The van der Waals surface area contributed by atoms with Gasteiger partial charge in [-0.05, 0) is 50.0 Å². The first kappa shape index (κ1) is 17.9. The van der Waals surface area contributed by atoms with E-state index in [4.69, 9.17) is 0 Å². The number of likely N-dealkylation sites (N-methyl/N-ethyl adjacent to an activating group) is 1. The molecule has 0 aliphatic carbocycles. The third kappa shape index (κ3) is 4.55. The molecule has 0 fully saturated rings. The van der Waals surface area contributed by atoms with Crippen LogP contribution in [0.2, 0.25) is 0 Å². The molecular formula is C19H24FN3O. The molecule has 0 aromatic heterocycles. The summed E-state index contributed by atoms with van der Waals surface area (Å²) in [6.45, 7) is 0.448. The van der Waals surface area contributed by atoms with Gasteiger partial charge in [0.15, 0.2) is 0 Å². The summed E-state index contributed by atoms with van der Waals surface area (Å²) in [5.41, 5.74) is 2.57. The highest BCUT2D eigenvalue weighted by Gasteiger charge is 2.16. The van der Waals surface area contributed by atoms with E-state index in [0.29, 0.717) is 12.1 Å². The van der Waals surface area contributed by atoms with Gasteiger partial charge in [-0.3, -0.25) is 4.79 Å². The molecule has 0 heterocycles. The lowest BCUT2D eigenvalue weighted by molar-refractivity contribution is 0.0941.